The summed E-state index contributed by atoms with van der Waals surface area (Å²) in [5.41, 5.74) is 0. The van der Waals surface area contributed by atoms with Crippen molar-refractivity contribution < 1.29 is 12.8 Å². The number of sulfonamides is 1. The first-order chi connectivity index (χ1) is 9.62. The van der Waals surface area contributed by atoms with Gasteiger partial charge in [0.1, 0.15) is 5.76 Å². The Balaban J connectivity index is 1.72. The molecule has 1 aliphatic carbocycles. The molecular formula is C14H24N2O3S. The van der Waals surface area contributed by atoms with Crippen LogP contribution in [0.5, 0.6) is 0 Å². The average Bonchev–Trinajstić information content (AvgIpc) is 2.94. The third kappa shape index (κ3) is 4.33. The zero-order valence-electron chi connectivity index (χ0n) is 12.0. The van der Waals surface area contributed by atoms with E-state index in [9.17, 15) is 8.42 Å². The van der Waals surface area contributed by atoms with Crippen LogP contribution in [0.3, 0.4) is 0 Å². The Kier molecular flexibility index (Phi) is 5.63. The van der Waals surface area contributed by atoms with Gasteiger partial charge in [-0.1, -0.05) is 32.1 Å². The van der Waals surface area contributed by atoms with Crippen molar-refractivity contribution in [3.05, 3.63) is 17.9 Å². The van der Waals surface area contributed by atoms with Gasteiger partial charge < -0.3 is 9.73 Å². The van der Waals surface area contributed by atoms with Crippen molar-refractivity contribution in [3.8, 4) is 0 Å². The van der Waals surface area contributed by atoms with E-state index in [-0.39, 0.29) is 5.09 Å². The van der Waals surface area contributed by atoms with Gasteiger partial charge in [0.05, 0.1) is 6.54 Å². The van der Waals surface area contributed by atoms with Crippen molar-refractivity contribution >= 4 is 10.0 Å². The highest BCUT2D eigenvalue weighted by Gasteiger charge is 2.16. The van der Waals surface area contributed by atoms with E-state index < -0.39 is 10.0 Å². The lowest BCUT2D eigenvalue weighted by atomic mass is 9.87. The molecule has 0 radical (unpaired) electrons. The molecule has 2 rings (SSSR count). The summed E-state index contributed by atoms with van der Waals surface area (Å²) in [6, 6.07) is 3.20. The average molecular weight is 300 g/mol. The van der Waals surface area contributed by atoms with E-state index in [0.29, 0.717) is 12.3 Å². The summed E-state index contributed by atoms with van der Waals surface area (Å²) in [5, 5.41) is 3.30. The maximum atomic E-state index is 11.5. The molecule has 5 nitrogen and oxygen atoms in total. The predicted octanol–water partition coefficient (Wildman–Crippen LogP) is 2.25. The molecule has 1 aromatic heterocycles. The largest absolute Gasteiger partial charge is 0.447 e. The van der Waals surface area contributed by atoms with Gasteiger partial charge in [0.25, 0.3) is 10.0 Å². The molecule has 0 aromatic carbocycles. The fraction of sp³-hybridized carbons (Fsp3) is 0.714. The maximum Gasteiger partial charge on any atom is 0.273 e. The first-order valence-corrected chi connectivity index (χ1v) is 8.83. The van der Waals surface area contributed by atoms with E-state index in [1.807, 2.05) is 0 Å². The quantitative estimate of drug-likeness (QED) is 0.758. The lowest BCUT2D eigenvalue weighted by Crippen LogP contribution is -2.19. The predicted molar refractivity (Wildman–Crippen MR) is 77.9 cm³/mol. The monoisotopic (exact) mass is 300 g/mol. The summed E-state index contributed by atoms with van der Waals surface area (Å²) in [7, 11) is -2.09. The van der Waals surface area contributed by atoms with Gasteiger partial charge in [0.2, 0.25) is 5.09 Å². The Bertz CT molecular complexity index is 504. The normalized spacial score (nSPS) is 17.4. The van der Waals surface area contributed by atoms with Crippen LogP contribution >= 0.6 is 0 Å². The Labute approximate surface area is 121 Å². The lowest BCUT2D eigenvalue weighted by Gasteiger charge is -2.21. The molecule has 1 aromatic rings. The van der Waals surface area contributed by atoms with Crippen molar-refractivity contribution in [2.24, 2.45) is 5.92 Å². The molecular weight excluding hydrogens is 276 g/mol. The van der Waals surface area contributed by atoms with Gasteiger partial charge in [-0.05, 0) is 38.1 Å². The second-order valence-corrected chi connectivity index (χ2v) is 7.22. The van der Waals surface area contributed by atoms with Crippen LogP contribution < -0.4 is 10.0 Å². The smallest absolute Gasteiger partial charge is 0.273 e. The van der Waals surface area contributed by atoms with E-state index in [2.05, 4.69) is 10.0 Å². The second kappa shape index (κ2) is 7.24. The molecule has 0 bridgehead atoms. The van der Waals surface area contributed by atoms with E-state index >= 15 is 0 Å². The van der Waals surface area contributed by atoms with Gasteiger partial charge >= 0.3 is 0 Å². The molecule has 114 valence electrons. The molecule has 0 unspecified atom stereocenters. The van der Waals surface area contributed by atoms with Crippen LogP contribution in [0.25, 0.3) is 0 Å². The summed E-state index contributed by atoms with van der Waals surface area (Å²) in [6.07, 6.45) is 8.03. The van der Waals surface area contributed by atoms with Gasteiger partial charge in [-0.2, -0.15) is 0 Å². The molecule has 0 saturated heterocycles. The number of nitrogens with one attached hydrogen (secondary N) is 2. The first kappa shape index (κ1) is 15.5. The van der Waals surface area contributed by atoms with E-state index in [1.165, 1.54) is 51.6 Å². The molecule has 0 atom stereocenters. The number of furan rings is 1. The molecule has 20 heavy (non-hydrogen) atoms. The zero-order chi connectivity index (χ0) is 14.4. The number of hydrogen-bond donors (Lipinski definition) is 2. The van der Waals surface area contributed by atoms with Crippen LogP contribution in [-0.4, -0.2) is 22.0 Å². The minimum atomic E-state index is -3.47. The highest BCUT2D eigenvalue weighted by molar-refractivity contribution is 7.89. The molecule has 1 aliphatic rings. The third-order valence-electron chi connectivity index (χ3n) is 3.92. The highest BCUT2D eigenvalue weighted by atomic mass is 32.2. The van der Waals surface area contributed by atoms with E-state index in [1.54, 1.807) is 6.07 Å². The van der Waals surface area contributed by atoms with Crippen molar-refractivity contribution in [1.29, 1.82) is 0 Å². The van der Waals surface area contributed by atoms with Crippen molar-refractivity contribution in [2.45, 2.75) is 50.2 Å². The Morgan fingerprint density at radius 2 is 2.00 bits per heavy atom. The summed E-state index contributed by atoms with van der Waals surface area (Å²) in [5.74, 6) is 1.51. The molecule has 2 N–H and O–H groups in total. The Morgan fingerprint density at radius 1 is 1.25 bits per heavy atom. The highest BCUT2D eigenvalue weighted by Crippen LogP contribution is 2.25. The van der Waals surface area contributed by atoms with Crippen LogP contribution in [0.2, 0.25) is 0 Å². The molecule has 1 saturated carbocycles. The van der Waals surface area contributed by atoms with Gasteiger partial charge in [0, 0.05) is 0 Å². The van der Waals surface area contributed by atoms with Gasteiger partial charge in [-0.25, -0.2) is 13.1 Å². The van der Waals surface area contributed by atoms with Crippen molar-refractivity contribution in [2.75, 3.05) is 13.6 Å². The summed E-state index contributed by atoms with van der Waals surface area (Å²) >= 11 is 0. The van der Waals surface area contributed by atoms with Crippen LogP contribution in [0.15, 0.2) is 21.6 Å². The molecule has 1 fully saturated rings. The standard InChI is InChI=1S/C14H24N2O3S/c1-15-20(17,18)14-8-7-13(19-14)11-16-10-9-12-5-3-2-4-6-12/h7-8,12,15-16H,2-6,9-11H2,1H3. The van der Waals surface area contributed by atoms with E-state index in [4.69, 9.17) is 4.42 Å². The fourth-order valence-electron chi connectivity index (χ4n) is 2.69. The summed E-state index contributed by atoms with van der Waals surface area (Å²) in [6.45, 7) is 1.53. The Morgan fingerprint density at radius 3 is 2.70 bits per heavy atom. The molecule has 0 spiro atoms. The number of hydrogen-bond acceptors (Lipinski definition) is 4. The van der Waals surface area contributed by atoms with Crippen molar-refractivity contribution in [1.82, 2.24) is 10.0 Å². The summed E-state index contributed by atoms with van der Waals surface area (Å²) in [4.78, 5) is 0. The lowest BCUT2D eigenvalue weighted by molar-refractivity contribution is 0.329. The minimum absolute atomic E-state index is 0.0240. The van der Waals surface area contributed by atoms with Crippen LogP contribution in [0.4, 0.5) is 0 Å². The second-order valence-electron chi connectivity index (χ2n) is 5.40. The zero-order valence-corrected chi connectivity index (χ0v) is 12.8. The van der Waals surface area contributed by atoms with Gasteiger partial charge in [-0.3, -0.25) is 0 Å². The topological polar surface area (TPSA) is 71.3 Å². The fourth-order valence-corrected chi connectivity index (χ4v) is 3.36. The molecule has 0 aliphatic heterocycles. The maximum absolute atomic E-state index is 11.5. The van der Waals surface area contributed by atoms with E-state index in [0.717, 1.165) is 12.5 Å². The molecule has 0 amide bonds. The van der Waals surface area contributed by atoms with Gasteiger partial charge in [-0.15, -0.1) is 0 Å². The molecule has 1 heterocycles. The van der Waals surface area contributed by atoms with Crippen LogP contribution in [0.1, 0.15) is 44.3 Å². The number of rotatable bonds is 7. The summed E-state index contributed by atoms with van der Waals surface area (Å²) < 4.78 is 30.6. The molecule has 6 heteroatoms. The SMILES string of the molecule is CNS(=O)(=O)c1ccc(CNCCC2CCCCC2)o1. The van der Waals surface area contributed by atoms with Crippen molar-refractivity contribution in [3.63, 3.8) is 0 Å². The van der Waals surface area contributed by atoms with Crippen LogP contribution in [-0.2, 0) is 16.6 Å². The van der Waals surface area contributed by atoms with Gasteiger partial charge in [0.15, 0.2) is 0 Å². The van der Waals surface area contributed by atoms with Crippen LogP contribution in [0, 0.1) is 5.92 Å². The first-order valence-electron chi connectivity index (χ1n) is 7.35. The third-order valence-corrected chi connectivity index (χ3v) is 5.21. The minimum Gasteiger partial charge on any atom is -0.447 e. The Hall–Kier alpha value is -0.850.